The van der Waals surface area contributed by atoms with Crippen molar-refractivity contribution in [2.24, 2.45) is 5.10 Å². The number of methoxy groups -OCH3 is 1. The Bertz CT molecular complexity index is 758. The van der Waals surface area contributed by atoms with Gasteiger partial charge in [-0.3, -0.25) is 10.2 Å². The predicted octanol–water partition coefficient (Wildman–Crippen LogP) is 5.16. The van der Waals surface area contributed by atoms with Gasteiger partial charge in [0.2, 0.25) is 0 Å². The van der Waals surface area contributed by atoms with Crippen molar-refractivity contribution in [1.82, 2.24) is 0 Å². The molecule has 0 spiro atoms. The lowest BCUT2D eigenvalue weighted by Gasteiger charge is -2.15. The molecule has 0 fully saturated rings. The summed E-state index contributed by atoms with van der Waals surface area (Å²) in [7, 11) is 1.60. The number of benzene rings is 2. The molecular weight excluding hydrogens is 347 g/mol. The highest BCUT2D eigenvalue weighted by atomic mass is 35.5. The maximum Gasteiger partial charge on any atom is 0.176 e. The molecule has 24 heavy (non-hydrogen) atoms. The van der Waals surface area contributed by atoms with E-state index in [0.717, 1.165) is 17.0 Å². The quantitative estimate of drug-likeness (QED) is 0.568. The van der Waals surface area contributed by atoms with E-state index >= 15 is 0 Å². The minimum absolute atomic E-state index is 0.130. The molecule has 1 N–H and O–H groups in total. The molecule has 0 saturated carbocycles. The van der Waals surface area contributed by atoms with Crippen LogP contribution in [-0.2, 0) is 4.79 Å². The lowest BCUT2D eigenvalue weighted by atomic mass is 9.94. The Morgan fingerprint density at radius 2 is 1.83 bits per heavy atom. The van der Waals surface area contributed by atoms with Crippen LogP contribution in [0.2, 0.25) is 10.0 Å². The maximum atomic E-state index is 12.0. The van der Waals surface area contributed by atoms with E-state index < -0.39 is 0 Å². The summed E-state index contributed by atoms with van der Waals surface area (Å²) in [5, 5.41) is 5.33. The van der Waals surface area contributed by atoms with E-state index in [1.807, 2.05) is 31.2 Å². The Balaban J connectivity index is 2.25. The molecule has 1 unspecified atom stereocenters. The van der Waals surface area contributed by atoms with Crippen LogP contribution in [0, 0.1) is 0 Å². The summed E-state index contributed by atoms with van der Waals surface area (Å²) in [6.07, 6.45) is 0. The zero-order valence-electron chi connectivity index (χ0n) is 13.6. The molecule has 0 aliphatic rings. The Morgan fingerprint density at radius 1 is 1.17 bits per heavy atom. The molecule has 0 bridgehead atoms. The molecule has 4 nitrogen and oxygen atoms in total. The van der Waals surface area contributed by atoms with Crippen molar-refractivity contribution < 1.29 is 9.53 Å². The number of carbonyl (C=O) groups is 1. The van der Waals surface area contributed by atoms with E-state index in [1.54, 1.807) is 25.3 Å². The first-order chi connectivity index (χ1) is 11.4. The van der Waals surface area contributed by atoms with Crippen molar-refractivity contribution in [2.75, 3.05) is 12.5 Å². The van der Waals surface area contributed by atoms with E-state index in [4.69, 9.17) is 27.9 Å². The van der Waals surface area contributed by atoms with Crippen molar-refractivity contribution in [2.45, 2.75) is 19.8 Å². The van der Waals surface area contributed by atoms with Crippen molar-refractivity contribution in [3.05, 3.63) is 58.1 Å². The van der Waals surface area contributed by atoms with Gasteiger partial charge < -0.3 is 4.74 Å². The van der Waals surface area contributed by atoms with Crippen LogP contribution in [0.1, 0.15) is 25.3 Å². The maximum absolute atomic E-state index is 12.0. The van der Waals surface area contributed by atoms with Gasteiger partial charge in [-0.15, -0.1) is 0 Å². The molecule has 6 heteroatoms. The van der Waals surface area contributed by atoms with Crippen molar-refractivity contribution in [3.63, 3.8) is 0 Å². The van der Waals surface area contributed by atoms with Crippen molar-refractivity contribution in [1.29, 1.82) is 0 Å². The largest absolute Gasteiger partial charge is 0.497 e. The SMILES string of the molecule is COc1ccc(N/N=C(\C(C)=O)C(C)c2ccc(Cl)cc2Cl)cc1. The summed E-state index contributed by atoms with van der Waals surface area (Å²) in [5.74, 6) is 0.352. The number of nitrogens with zero attached hydrogens (tertiary/aromatic N) is 1. The monoisotopic (exact) mass is 364 g/mol. The van der Waals surface area contributed by atoms with Crippen LogP contribution >= 0.6 is 23.2 Å². The summed E-state index contributed by atoms with van der Waals surface area (Å²) in [5.41, 5.74) is 4.84. The molecule has 0 aromatic heterocycles. The van der Waals surface area contributed by atoms with Gasteiger partial charge in [-0.2, -0.15) is 5.10 Å². The minimum atomic E-state index is -0.266. The molecular formula is C18H18Cl2N2O2. The second-order valence-electron chi connectivity index (χ2n) is 5.28. The molecule has 2 rings (SSSR count). The molecule has 0 saturated heterocycles. The fourth-order valence-electron chi connectivity index (χ4n) is 2.27. The number of ketones is 1. The molecule has 0 aliphatic carbocycles. The number of Topliss-reactive ketones (excluding diaryl/α,β-unsaturated/α-hetero) is 1. The molecule has 0 amide bonds. The van der Waals surface area contributed by atoms with Gasteiger partial charge in [-0.25, -0.2) is 0 Å². The standard InChI is InChI=1S/C18H18Cl2N2O2/c1-11(16-9-4-13(19)10-17(16)20)18(12(2)23)22-21-14-5-7-15(24-3)8-6-14/h4-11,21H,1-3H3/b22-18-. The summed E-state index contributed by atoms with van der Waals surface area (Å²) in [6.45, 7) is 3.36. The fraction of sp³-hybridized carbons (Fsp3) is 0.222. The van der Waals surface area contributed by atoms with Crippen LogP contribution < -0.4 is 10.2 Å². The molecule has 126 valence electrons. The van der Waals surface area contributed by atoms with Crippen LogP contribution in [0.25, 0.3) is 0 Å². The van der Waals surface area contributed by atoms with E-state index in [2.05, 4.69) is 10.5 Å². The number of rotatable bonds is 6. The summed E-state index contributed by atoms with van der Waals surface area (Å²) in [6, 6.07) is 12.5. The topological polar surface area (TPSA) is 50.7 Å². The average Bonchev–Trinajstić information content (AvgIpc) is 2.55. The molecule has 2 aromatic carbocycles. The van der Waals surface area contributed by atoms with E-state index in [0.29, 0.717) is 15.8 Å². The lowest BCUT2D eigenvalue weighted by molar-refractivity contribution is -0.111. The van der Waals surface area contributed by atoms with Gasteiger partial charge >= 0.3 is 0 Å². The Hall–Kier alpha value is -2.04. The third-order valence-corrected chi connectivity index (χ3v) is 4.16. The van der Waals surface area contributed by atoms with Crippen molar-refractivity contribution in [3.8, 4) is 5.75 Å². The Morgan fingerprint density at radius 3 is 2.38 bits per heavy atom. The fourth-order valence-corrected chi connectivity index (χ4v) is 2.84. The van der Waals surface area contributed by atoms with Crippen LogP contribution in [0.15, 0.2) is 47.6 Å². The molecule has 2 aromatic rings. The molecule has 0 aliphatic heterocycles. The normalized spacial score (nSPS) is 12.6. The number of hydrazone groups is 1. The Labute approximate surface area is 151 Å². The second kappa shape index (κ2) is 8.18. The number of hydrogen-bond acceptors (Lipinski definition) is 4. The third kappa shape index (κ3) is 4.49. The number of anilines is 1. The summed E-state index contributed by atoms with van der Waals surface area (Å²) < 4.78 is 5.11. The predicted molar refractivity (Wildman–Crippen MR) is 99.6 cm³/mol. The summed E-state index contributed by atoms with van der Waals surface area (Å²) >= 11 is 12.2. The van der Waals surface area contributed by atoms with Crippen molar-refractivity contribution >= 4 is 40.4 Å². The molecule has 0 radical (unpaired) electrons. The van der Waals surface area contributed by atoms with Crippen LogP contribution in [-0.4, -0.2) is 18.6 Å². The van der Waals surface area contributed by atoms with E-state index in [9.17, 15) is 4.79 Å². The van der Waals surface area contributed by atoms with Gasteiger partial charge in [-0.05, 0) is 42.0 Å². The minimum Gasteiger partial charge on any atom is -0.497 e. The number of hydrogen-bond donors (Lipinski definition) is 1. The number of halogens is 2. The number of ether oxygens (including phenoxy) is 1. The number of carbonyl (C=O) groups excluding carboxylic acids is 1. The van der Waals surface area contributed by atoms with Gasteiger partial charge in [0, 0.05) is 22.9 Å². The van der Waals surface area contributed by atoms with Crippen LogP contribution in [0.4, 0.5) is 5.69 Å². The average molecular weight is 365 g/mol. The van der Waals surface area contributed by atoms with Gasteiger partial charge in [0.05, 0.1) is 12.8 Å². The smallest absolute Gasteiger partial charge is 0.176 e. The van der Waals surface area contributed by atoms with E-state index in [1.165, 1.54) is 6.92 Å². The van der Waals surface area contributed by atoms with Gasteiger partial charge in [0.15, 0.2) is 5.78 Å². The van der Waals surface area contributed by atoms with E-state index in [-0.39, 0.29) is 11.7 Å². The first kappa shape index (κ1) is 18.3. The first-order valence-corrected chi connectivity index (χ1v) is 8.11. The molecule has 1 atom stereocenters. The number of nitrogens with one attached hydrogen (secondary N) is 1. The highest BCUT2D eigenvalue weighted by molar-refractivity contribution is 6.42. The zero-order valence-corrected chi connectivity index (χ0v) is 15.2. The highest BCUT2D eigenvalue weighted by Gasteiger charge is 2.20. The van der Waals surface area contributed by atoms with Gasteiger partial charge in [0.1, 0.15) is 11.5 Å². The first-order valence-electron chi connectivity index (χ1n) is 7.36. The summed E-state index contributed by atoms with van der Waals surface area (Å²) in [4.78, 5) is 12.0. The van der Waals surface area contributed by atoms with Gasteiger partial charge in [-0.1, -0.05) is 36.2 Å². The highest BCUT2D eigenvalue weighted by Crippen LogP contribution is 2.28. The molecule has 0 heterocycles. The second-order valence-corrected chi connectivity index (χ2v) is 6.12. The zero-order chi connectivity index (χ0) is 17.7. The Kier molecular flexibility index (Phi) is 6.23. The van der Waals surface area contributed by atoms with Gasteiger partial charge in [0.25, 0.3) is 0 Å². The lowest BCUT2D eigenvalue weighted by Crippen LogP contribution is -2.20. The third-order valence-electron chi connectivity index (χ3n) is 3.60. The van der Waals surface area contributed by atoms with Crippen LogP contribution in [0.5, 0.6) is 5.75 Å². The van der Waals surface area contributed by atoms with Crippen LogP contribution in [0.3, 0.4) is 0 Å².